The van der Waals surface area contributed by atoms with E-state index in [-0.39, 0.29) is 16.4 Å². The number of nitrogens with two attached hydrogens (primary N) is 1. The first kappa shape index (κ1) is 18.6. The van der Waals surface area contributed by atoms with Gasteiger partial charge in [-0.15, -0.1) is 0 Å². The van der Waals surface area contributed by atoms with E-state index in [1.54, 1.807) is 6.07 Å². The van der Waals surface area contributed by atoms with E-state index in [0.29, 0.717) is 44.3 Å². The van der Waals surface area contributed by atoms with Gasteiger partial charge >= 0.3 is 0 Å². The Morgan fingerprint density at radius 1 is 1.13 bits per heavy atom. The highest BCUT2D eigenvalue weighted by Gasteiger charge is 2.49. The molecular weight excluding hydrogens is 401 g/mol. The molecule has 0 atom stereocenters. The monoisotopic (exact) mass is 416 g/mol. The molecule has 0 saturated carbocycles. The zero-order chi connectivity index (χ0) is 21.2. The SMILES string of the molecule is NC(=O)c1cn(-c2c(F)cc(F)cc2F)c2nc(N3CC4(COC4)C3)ccc2c1=O. The highest BCUT2D eigenvalue weighted by molar-refractivity contribution is 5.96. The molecule has 2 aromatic heterocycles. The van der Waals surface area contributed by atoms with Crippen LogP contribution in [0.1, 0.15) is 10.4 Å². The Morgan fingerprint density at radius 3 is 2.37 bits per heavy atom. The van der Waals surface area contributed by atoms with Crippen molar-refractivity contribution in [2.45, 2.75) is 0 Å². The smallest absolute Gasteiger partial charge is 0.254 e. The maximum atomic E-state index is 14.5. The number of benzene rings is 1. The minimum atomic E-state index is -1.21. The molecule has 7 nitrogen and oxygen atoms in total. The molecule has 2 fully saturated rings. The summed E-state index contributed by atoms with van der Waals surface area (Å²) in [5, 5.41) is -0.0413. The molecule has 30 heavy (non-hydrogen) atoms. The molecule has 1 amide bonds. The standard InChI is InChI=1S/C20H15F3N4O3/c21-10-3-13(22)16(14(23)4-10)27-5-12(18(24)29)17(28)11-1-2-15(25-19(11)27)26-6-20(7-26)8-30-9-20/h1-5H,6-9H2,(H2,24,29). The number of nitrogens with zero attached hydrogens (tertiary/aromatic N) is 3. The normalized spacial score (nSPS) is 17.1. The molecule has 3 aromatic rings. The van der Waals surface area contributed by atoms with Gasteiger partial charge in [-0.1, -0.05) is 0 Å². The van der Waals surface area contributed by atoms with Gasteiger partial charge in [0.1, 0.15) is 22.9 Å². The number of carbonyl (C=O) groups is 1. The minimum absolute atomic E-state index is 0.0413. The van der Waals surface area contributed by atoms with Gasteiger partial charge in [0.2, 0.25) is 5.43 Å². The van der Waals surface area contributed by atoms with Crippen molar-refractivity contribution in [1.82, 2.24) is 9.55 Å². The molecule has 2 aliphatic rings. The molecule has 0 radical (unpaired) electrons. The molecule has 4 heterocycles. The van der Waals surface area contributed by atoms with Crippen LogP contribution in [0.25, 0.3) is 16.7 Å². The van der Waals surface area contributed by atoms with Gasteiger partial charge in [0, 0.05) is 31.4 Å². The largest absolute Gasteiger partial charge is 0.380 e. The molecule has 0 bridgehead atoms. The highest BCUT2D eigenvalue weighted by atomic mass is 19.1. The van der Waals surface area contributed by atoms with Crippen LogP contribution in [0.2, 0.25) is 0 Å². The van der Waals surface area contributed by atoms with Crippen molar-refractivity contribution in [2.75, 3.05) is 31.2 Å². The fourth-order valence-electron chi connectivity index (χ4n) is 3.98. The van der Waals surface area contributed by atoms with E-state index in [0.717, 1.165) is 10.8 Å². The topological polar surface area (TPSA) is 90.5 Å². The summed E-state index contributed by atoms with van der Waals surface area (Å²) >= 11 is 0. The predicted octanol–water partition coefficient (Wildman–Crippen LogP) is 1.74. The number of fused-ring (bicyclic) bond motifs is 1. The summed E-state index contributed by atoms with van der Waals surface area (Å²) in [4.78, 5) is 30.8. The van der Waals surface area contributed by atoms with E-state index in [1.807, 2.05) is 4.90 Å². The Kier molecular flexibility index (Phi) is 3.91. The number of hydrogen-bond donors (Lipinski definition) is 1. The van der Waals surface area contributed by atoms with E-state index in [2.05, 4.69) is 4.98 Å². The molecule has 0 aliphatic carbocycles. The van der Waals surface area contributed by atoms with Crippen LogP contribution in [0.15, 0.2) is 35.3 Å². The lowest BCUT2D eigenvalue weighted by Crippen LogP contribution is -2.66. The summed E-state index contributed by atoms with van der Waals surface area (Å²) in [5.41, 5.74) is 3.47. The second-order valence-electron chi connectivity index (χ2n) is 7.71. The number of ether oxygens (including phenoxy) is 1. The van der Waals surface area contributed by atoms with Gasteiger partial charge in [-0.3, -0.25) is 14.2 Å². The summed E-state index contributed by atoms with van der Waals surface area (Å²) in [5.74, 6) is -4.08. The van der Waals surface area contributed by atoms with Crippen molar-refractivity contribution in [3.8, 4) is 5.69 Å². The van der Waals surface area contributed by atoms with Crippen LogP contribution in [0.3, 0.4) is 0 Å². The molecule has 154 valence electrons. The van der Waals surface area contributed by atoms with Crippen molar-refractivity contribution >= 4 is 22.8 Å². The molecule has 10 heteroatoms. The van der Waals surface area contributed by atoms with Crippen LogP contribution in [-0.4, -0.2) is 41.8 Å². The van der Waals surface area contributed by atoms with Crippen molar-refractivity contribution in [3.63, 3.8) is 0 Å². The van der Waals surface area contributed by atoms with Gasteiger partial charge in [0.25, 0.3) is 5.91 Å². The van der Waals surface area contributed by atoms with Gasteiger partial charge in [-0.25, -0.2) is 18.2 Å². The Morgan fingerprint density at radius 2 is 1.80 bits per heavy atom. The van der Waals surface area contributed by atoms with E-state index in [9.17, 15) is 22.8 Å². The number of halogens is 3. The van der Waals surface area contributed by atoms with Gasteiger partial charge in [0.15, 0.2) is 17.3 Å². The van der Waals surface area contributed by atoms with E-state index in [1.165, 1.54) is 6.07 Å². The number of amides is 1. The van der Waals surface area contributed by atoms with E-state index < -0.39 is 40.0 Å². The maximum Gasteiger partial charge on any atom is 0.254 e. The second-order valence-corrected chi connectivity index (χ2v) is 7.71. The van der Waals surface area contributed by atoms with Gasteiger partial charge in [-0.2, -0.15) is 0 Å². The molecule has 2 aliphatic heterocycles. The molecule has 5 rings (SSSR count). The lowest BCUT2D eigenvalue weighted by molar-refractivity contribution is -0.127. The fourth-order valence-corrected chi connectivity index (χ4v) is 3.98. The van der Waals surface area contributed by atoms with Gasteiger partial charge < -0.3 is 15.4 Å². The number of primary amides is 1. The first-order chi connectivity index (χ1) is 14.3. The first-order valence-corrected chi connectivity index (χ1v) is 9.12. The highest BCUT2D eigenvalue weighted by Crippen LogP contribution is 2.39. The van der Waals surface area contributed by atoms with Crippen LogP contribution < -0.4 is 16.1 Å². The van der Waals surface area contributed by atoms with E-state index >= 15 is 0 Å². The molecule has 2 N–H and O–H groups in total. The number of pyridine rings is 2. The lowest BCUT2D eigenvalue weighted by Gasteiger charge is -2.55. The van der Waals surface area contributed by atoms with Crippen LogP contribution in [0, 0.1) is 22.9 Å². The van der Waals surface area contributed by atoms with Crippen molar-refractivity contribution < 1.29 is 22.7 Å². The summed E-state index contributed by atoms with van der Waals surface area (Å²) in [6.07, 6.45) is 0.931. The first-order valence-electron chi connectivity index (χ1n) is 9.12. The number of carbonyl (C=O) groups excluding carboxylic acids is 1. The Hall–Kier alpha value is -3.40. The van der Waals surface area contributed by atoms with Crippen molar-refractivity contribution in [2.24, 2.45) is 11.1 Å². The Bertz CT molecular complexity index is 1260. The molecule has 0 unspecified atom stereocenters. The van der Waals surface area contributed by atoms with Crippen LogP contribution in [0.5, 0.6) is 0 Å². The van der Waals surface area contributed by atoms with Crippen LogP contribution in [0.4, 0.5) is 19.0 Å². The number of rotatable bonds is 3. The third kappa shape index (κ3) is 2.67. The Balaban J connectivity index is 1.73. The zero-order valence-electron chi connectivity index (χ0n) is 15.5. The Labute approximate surface area is 167 Å². The third-order valence-electron chi connectivity index (χ3n) is 5.52. The quantitative estimate of drug-likeness (QED) is 0.703. The molecular formula is C20H15F3N4O3. The summed E-state index contributed by atoms with van der Waals surface area (Å²) < 4.78 is 48.6. The van der Waals surface area contributed by atoms with Gasteiger partial charge in [0.05, 0.1) is 24.0 Å². The number of hydrogen-bond acceptors (Lipinski definition) is 5. The zero-order valence-corrected chi connectivity index (χ0v) is 15.5. The number of anilines is 1. The third-order valence-corrected chi connectivity index (χ3v) is 5.52. The van der Waals surface area contributed by atoms with Crippen LogP contribution >= 0.6 is 0 Å². The maximum absolute atomic E-state index is 14.5. The summed E-state index contributed by atoms with van der Waals surface area (Å²) in [6.45, 7) is 2.73. The second kappa shape index (κ2) is 6.30. The fraction of sp³-hybridized carbons (Fsp3) is 0.250. The molecule has 1 spiro atoms. The summed E-state index contributed by atoms with van der Waals surface area (Å²) in [6, 6.07) is 4.05. The molecule has 1 aromatic carbocycles. The number of aromatic nitrogens is 2. The average molecular weight is 416 g/mol. The predicted molar refractivity (Wildman–Crippen MR) is 101 cm³/mol. The lowest BCUT2D eigenvalue weighted by atomic mass is 9.78. The van der Waals surface area contributed by atoms with E-state index in [4.69, 9.17) is 10.5 Å². The average Bonchev–Trinajstić information content (AvgIpc) is 2.60. The minimum Gasteiger partial charge on any atom is -0.380 e. The summed E-state index contributed by atoms with van der Waals surface area (Å²) in [7, 11) is 0. The molecule has 2 saturated heterocycles. The van der Waals surface area contributed by atoms with Crippen LogP contribution in [-0.2, 0) is 4.74 Å². The van der Waals surface area contributed by atoms with Crippen molar-refractivity contribution in [3.05, 3.63) is 63.7 Å². The van der Waals surface area contributed by atoms with Gasteiger partial charge in [-0.05, 0) is 12.1 Å². The van der Waals surface area contributed by atoms with Crippen molar-refractivity contribution in [1.29, 1.82) is 0 Å².